The molecule has 0 radical (unpaired) electrons. The lowest BCUT2D eigenvalue weighted by Gasteiger charge is -2.50. The van der Waals surface area contributed by atoms with Crippen molar-refractivity contribution in [3.8, 4) is 0 Å². The third-order valence-electron chi connectivity index (χ3n) is 6.25. The van der Waals surface area contributed by atoms with Crippen molar-refractivity contribution in [1.29, 1.82) is 0 Å². The fraction of sp³-hybridized carbons (Fsp3) is 0.955. The Hall–Kier alpha value is -0.770. The summed E-state index contributed by atoms with van der Waals surface area (Å²) in [6, 6.07) is 0.318. The molecule has 4 heteroatoms. The summed E-state index contributed by atoms with van der Waals surface area (Å²) in [7, 11) is 0. The van der Waals surface area contributed by atoms with Crippen LogP contribution in [0.4, 0.5) is 4.79 Å². The lowest BCUT2D eigenvalue weighted by Crippen LogP contribution is -2.64. The molecule has 2 rings (SSSR count). The predicted molar refractivity (Wildman–Crippen MR) is 109 cm³/mol. The Morgan fingerprint density at radius 3 is 1.54 bits per heavy atom. The monoisotopic (exact) mass is 366 g/mol. The van der Waals surface area contributed by atoms with Crippen LogP contribution in [0.2, 0.25) is 0 Å². The summed E-state index contributed by atoms with van der Waals surface area (Å²) in [5.41, 5.74) is -0.0446. The van der Waals surface area contributed by atoms with Crippen molar-refractivity contribution in [2.45, 2.75) is 134 Å². The number of hydrogen-bond acceptors (Lipinski definition) is 2. The lowest BCUT2D eigenvalue weighted by atomic mass is 9.78. The van der Waals surface area contributed by atoms with Gasteiger partial charge in [0, 0.05) is 23.2 Å². The van der Waals surface area contributed by atoms with Gasteiger partial charge in [0.1, 0.15) is 0 Å². The van der Waals surface area contributed by atoms with Gasteiger partial charge in [0.05, 0.1) is 0 Å². The maximum atomic E-state index is 12.3. The molecule has 1 amide bonds. The SMILES string of the molecule is CC1(C)CC(N(C(=O)O)C2CCCCCCCCCCC2)CC(C)(C)N1. The zero-order valence-corrected chi connectivity index (χ0v) is 17.6. The van der Waals surface area contributed by atoms with E-state index in [4.69, 9.17) is 0 Å². The summed E-state index contributed by atoms with van der Waals surface area (Å²) < 4.78 is 0. The quantitative estimate of drug-likeness (QED) is 0.635. The molecule has 152 valence electrons. The summed E-state index contributed by atoms with van der Waals surface area (Å²) in [6.45, 7) is 8.84. The predicted octanol–water partition coefficient (Wildman–Crippen LogP) is 5.95. The van der Waals surface area contributed by atoms with Gasteiger partial charge in [-0.15, -0.1) is 0 Å². The number of hydrogen-bond donors (Lipinski definition) is 2. The number of carbonyl (C=O) groups is 1. The Balaban J connectivity index is 2.12. The Morgan fingerprint density at radius 2 is 1.15 bits per heavy atom. The number of piperidine rings is 1. The molecule has 2 aliphatic rings. The highest BCUT2D eigenvalue weighted by Crippen LogP contribution is 2.34. The average Bonchev–Trinajstić information content (AvgIpc) is 2.46. The van der Waals surface area contributed by atoms with E-state index in [0.717, 1.165) is 25.7 Å². The molecule has 0 unspecified atom stereocenters. The van der Waals surface area contributed by atoms with E-state index in [1.54, 1.807) is 0 Å². The van der Waals surface area contributed by atoms with Gasteiger partial charge in [-0.2, -0.15) is 0 Å². The van der Waals surface area contributed by atoms with Crippen molar-refractivity contribution >= 4 is 6.09 Å². The molecule has 0 aromatic rings. The first-order valence-electron chi connectivity index (χ1n) is 11.0. The minimum Gasteiger partial charge on any atom is -0.465 e. The van der Waals surface area contributed by atoms with E-state index in [1.807, 2.05) is 4.90 Å². The van der Waals surface area contributed by atoms with Gasteiger partial charge in [-0.3, -0.25) is 0 Å². The second-order valence-corrected chi connectivity index (χ2v) is 10.1. The molecule has 1 aliphatic heterocycles. The normalized spacial score (nSPS) is 26.5. The summed E-state index contributed by atoms with van der Waals surface area (Å²) in [5, 5.41) is 13.8. The maximum Gasteiger partial charge on any atom is 0.407 e. The number of carboxylic acid groups (broad SMARTS) is 1. The molecule has 2 fully saturated rings. The molecule has 0 atom stereocenters. The third-order valence-corrected chi connectivity index (χ3v) is 6.25. The van der Waals surface area contributed by atoms with Crippen molar-refractivity contribution in [1.82, 2.24) is 10.2 Å². The average molecular weight is 367 g/mol. The number of nitrogens with zero attached hydrogens (tertiary/aromatic N) is 1. The van der Waals surface area contributed by atoms with E-state index in [9.17, 15) is 9.90 Å². The van der Waals surface area contributed by atoms with Crippen molar-refractivity contribution in [2.75, 3.05) is 0 Å². The van der Waals surface area contributed by atoms with Gasteiger partial charge in [-0.25, -0.2) is 4.79 Å². The lowest BCUT2D eigenvalue weighted by molar-refractivity contribution is 0.0355. The standard InChI is InChI=1S/C22H42N2O2/c1-21(2)16-19(17-22(3,4)23-21)24(20(25)26)18-14-12-10-8-6-5-7-9-11-13-15-18/h18-19,23H,5-17H2,1-4H3,(H,25,26). The van der Waals surface area contributed by atoms with Crippen molar-refractivity contribution < 1.29 is 9.90 Å². The van der Waals surface area contributed by atoms with Gasteiger partial charge < -0.3 is 15.3 Å². The highest BCUT2D eigenvalue weighted by atomic mass is 16.4. The first-order valence-corrected chi connectivity index (χ1v) is 11.0. The molecule has 1 heterocycles. The largest absolute Gasteiger partial charge is 0.465 e. The fourth-order valence-electron chi connectivity index (χ4n) is 5.50. The second kappa shape index (κ2) is 9.43. The van der Waals surface area contributed by atoms with Gasteiger partial charge in [-0.1, -0.05) is 57.8 Å². The Morgan fingerprint density at radius 1 is 0.769 bits per heavy atom. The summed E-state index contributed by atoms with van der Waals surface area (Å²) in [6.07, 6.45) is 14.7. The van der Waals surface area contributed by atoms with Crippen LogP contribution in [0.3, 0.4) is 0 Å². The molecule has 0 aromatic carbocycles. The van der Waals surface area contributed by atoms with Crippen LogP contribution in [0.15, 0.2) is 0 Å². The maximum absolute atomic E-state index is 12.3. The van der Waals surface area contributed by atoms with Crippen molar-refractivity contribution in [2.24, 2.45) is 0 Å². The van der Waals surface area contributed by atoms with Crippen LogP contribution < -0.4 is 5.32 Å². The number of amides is 1. The Bertz CT molecular complexity index is 419. The fourth-order valence-corrected chi connectivity index (χ4v) is 5.50. The van der Waals surface area contributed by atoms with Gasteiger partial charge in [0.25, 0.3) is 0 Å². The van der Waals surface area contributed by atoms with E-state index in [0.29, 0.717) is 0 Å². The topological polar surface area (TPSA) is 52.6 Å². The minimum atomic E-state index is -0.708. The van der Waals surface area contributed by atoms with Gasteiger partial charge in [0.2, 0.25) is 0 Å². The molecule has 2 N–H and O–H groups in total. The van der Waals surface area contributed by atoms with E-state index in [2.05, 4.69) is 33.0 Å². The van der Waals surface area contributed by atoms with Crippen LogP contribution >= 0.6 is 0 Å². The number of nitrogens with one attached hydrogen (secondary N) is 1. The molecular formula is C22H42N2O2. The smallest absolute Gasteiger partial charge is 0.407 e. The highest BCUT2D eigenvalue weighted by Gasteiger charge is 2.43. The van der Waals surface area contributed by atoms with Crippen LogP contribution in [0, 0.1) is 0 Å². The van der Waals surface area contributed by atoms with Gasteiger partial charge in [-0.05, 0) is 53.4 Å². The highest BCUT2D eigenvalue weighted by molar-refractivity contribution is 5.66. The van der Waals surface area contributed by atoms with Crippen LogP contribution in [-0.4, -0.2) is 39.3 Å². The molecule has 26 heavy (non-hydrogen) atoms. The molecule has 0 bridgehead atoms. The molecule has 1 saturated carbocycles. The van der Waals surface area contributed by atoms with Crippen molar-refractivity contribution in [3.05, 3.63) is 0 Å². The van der Waals surface area contributed by atoms with Crippen LogP contribution in [-0.2, 0) is 0 Å². The van der Waals surface area contributed by atoms with Gasteiger partial charge >= 0.3 is 6.09 Å². The summed E-state index contributed by atoms with van der Waals surface area (Å²) >= 11 is 0. The third kappa shape index (κ3) is 6.75. The Kier molecular flexibility index (Phi) is 7.81. The molecule has 1 aliphatic carbocycles. The second-order valence-electron chi connectivity index (χ2n) is 10.1. The molecular weight excluding hydrogens is 324 g/mol. The Labute approximate surface area is 161 Å². The number of rotatable bonds is 2. The molecule has 4 nitrogen and oxygen atoms in total. The van der Waals surface area contributed by atoms with Crippen LogP contribution in [0.1, 0.15) is 111 Å². The first-order chi connectivity index (χ1) is 12.2. The first kappa shape index (κ1) is 21.5. The van der Waals surface area contributed by atoms with E-state index in [-0.39, 0.29) is 23.2 Å². The molecule has 0 aromatic heterocycles. The molecule has 0 spiro atoms. The van der Waals surface area contributed by atoms with Gasteiger partial charge in [0.15, 0.2) is 0 Å². The summed E-state index contributed by atoms with van der Waals surface area (Å²) in [4.78, 5) is 14.2. The van der Waals surface area contributed by atoms with E-state index >= 15 is 0 Å². The van der Waals surface area contributed by atoms with E-state index in [1.165, 1.54) is 57.8 Å². The van der Waals surface area contributed by atoms with Crippen LogP contribution in [0.25, 0.3) is 0 Å². The zero-order valence-electron chi connectivity index (χ0n) is 17.6. The minimum absolute atomic E-state index is 0.0223. The zero-order chi connectivity index (χ0) is 19.2. The van der Waals surface area contributed by atoms with Crippen LogP contribution in [0.5, 0.6) is 0 Å². The molecule has 1 saturated heterocycles. The van der Waals surface area contributed by atoms with Crippen molar-refractivity contribution in [3.63, 3.8) is 0 Å². The van der Waals surface area contributed by atoms with E-state index < -0.39 is 6.09 Å². The summed E-state index contributed by atoms with van der Waals surface area (Å²) in [5.74, 6) is 0.